The molecule has 2 saturated heterocycles. The zero-order valence-electron chi connectivity index (χ0n) is 23.9. The molecule has 2 unspecified atom stereocenters. The molecule has 4 heterocycles. The molecule has 2 aromatic heterocycles. The highest BCUT2D eigenvalue weighted by atomic mass is 19.4. The predicted octanol–water partition coefficient (Wildman–Crippen LogP) is 4.61. The summed E-state index contributed by atoms with van der Waals surface area (Å²) in [5.74, 6) is -0.974. The van der Waals surface area contributed by atoms with Gasteiger partial charge >= 0.3 is 12.1 Å². The zero-order valence-corrected chi connectivity index (χ0v) is 23.9. The second-order valence-corrected chi connectivity index (χ2v) is 11.2. The Balaban J connectivity index is 1.42. The van der Waals surface area contributed by atoms with Crippen molar-refractivity contribution < 1.29 is 27.8 Å². The van der Waals surface area contributed by atoms with Gasteiger partial charge in [-0.1, -0.05) is 19.9 Å². The van der Waals surface area contributed by atoms with Crippen LogP contribution in [0.3, 0.4) is 0 Å². The van der Waals surface area contributed by atoms with E-state index in [0.29, 0.717) is 50.3 Å². The molecule has 0 bridgehead atoms. The lowest BCUT2D eigenvalue weighted by Gasteiger charge is -2.43. The Morgan fingerprint density at radius 1 is 1.21 bits per heavy atom. The number of piperidine rings is 1. The lowest BCUT2D eigenvalue weighted by molar-refractivity contribution is -0.198. The van der Waals surface area contributed by atoms with Crippen LogP contribution in [0.15, 0.2) is 36.5 Å². The molecule has 0 amide bonds. The Hall–Kier alpha value is -3.87. The van der Waals surface area contributed by atoms with Gasteiger partial charge in [0.15, 0.2) is 0 Å². The molecular formula is C29H36F3N7O3. The van der Waals surface area contributed by atoms with Gasteiger partial charge in [-0.05, 0) is 68.2 Å². The number of carbonyl (C=O) groups is 1. The highest BCUT2D eigenvalue weighted by Crippen LogP contribution is 2.46. The number of nitrogen functional groups attached to an aromatic ring is 1. The zero-order chi connectivity index (χ0) is 30.2. The van der Waals surface area contributed by atoms with Crippen LogP contribution in [0.5, 0.6) is 5.88 Å². The predicted molar refractivity (Wildman–Crippen MR) is 151 cm³/mol. The molecule has 0 radical (unpaired) electrons. The molecule has 3 atom stereocenters. The normalized spacial score (nSPS) is 21.0. The van der Waals surface area contributed by atoms with Crippen LogP contribution in [0.4, 0.5) is 24.9 Å². The van der Waals surface area contributed by atoms with E-state index >= 15 is 0 Å². The number of aromatic nitrogens is 4. The van der Waals surface area contributed by atoms with Crippen molar-refractivity contribution in [1.29, 1.82) is 0 Å². The second kappa shape index (κ2) is 11.4. The SMILES string of the molecule is CCc1ccc(-n2ccc(C)n2)c([C@@H](Oc2cc(N3CCC4(CC3)CC(C(=O)O)NC4CC)nc(N)n2)C(F)(F)F)c1. The van der Waals surface area contributed by atoms with Gasteiger partial charge in [-0.2, -0.15) is 28.2 Å². The van der Waals surface area contributed by atoms with Gasteiger partial charge in [0.1, 0.15) is 11.9 Å². The number of carboxylic acids is 1. The summed E-state index contributed by atoms with van der Waals surface area (Å²) in [6, 6.07) is 7.47. The van der Waals surface area contributed by atoms with Crippen molar-refractivity contribution in [2.75, 3.05) is 23.7 Å². The first-order valence-electron chi connectivity index (χ1n) is 14.2. The number of rotatable bonds is 8. The molecule has 3 aromatic rings. The number of carboxylic acid groups (broad SMARTS) is 1. The van der Waals surface area contributed by atoms with Gasteiger partial charge in [-0.3, -0.25) is 4.79 Å². The molecule has 226 valence electrons. The Morgan fingerprint density at radius 2 is 1.95 bits per heavy atom. The van der Waals surface area contributed by atoms with Crippen LogP contribution in [0.1, 0.15) is 62.5 Å². The number of halogens is 3. The number of nitrogens with zero attached hydrogens (tertiary/aromatic N) is 5. The van der Waals surface area contributed by atoms with Gasteiger partial charge in [0.2, 0.25) is 17.9 Å². The van der Waals surface area contributed by atoms with Gasteiger partial charge in [-0.25, -0.2) is 4.68 Å². The molecule has 2 aliphatic heterocycles. The van der Waals surface area contributed by atoms with Crippen LogP contribution in [-0.4, -0.2) is 62.2 Å². The number of anilines is 2. The molecule has 42 heavy (non-hydrogen) atoms. The van der Waals surface area contributed by atoms with E-state index in [4.69, 9.17) is 10.5 Å². The van der Waals surface area contributed by atoms with Crippen LogP contribution in [0.25, 0.3) is 5.69 Å². The molecule has 2 aliphatic rings. The third-order valence-corrected chi connectivity index (χ3v) is 8.54. The minimum absolute atomic E-state index is 0.0781. The average molecular weight is 588 g/mol. The molecular weight excluding hydrogens is 551 g/mol. The van der Waals surface area contributed by atoms with Gasteiger partial charge < -0.3 is 25.8 Å². The number of alkyl halides is 3. The smallest absolute Gasteiger partial charge is 0.429 e. The molecule has 0 aliphatic carbocycles. The fourth-order valence-electron chi connectivity index (χ4n) is 6.34. The Morgan fingerprint density at radius 3 is 2.55 bits per heavy atom. The van der Waals surface area contributed by atoms with Crippen molar-refractivity contribution in [1.82, 2.24) is 25.1 Å². The number of hydrogen-bond acceptors (Lipinski definition) is 8. The van der Waals surface area contributed by atoms with Gasteiger partial charge in [0, 0.05) is 37.0 Å². The van der Waals surface area contributed by atoms with E-state index in [2.05, 4.69) is 20.4 Å². The molecule has 4 N–H and O–H groups in total. The number of ether oxygens (including phenoxy) is 1. The summed E-state index contributed by atoms with van der Waals surface area (Å²) in [6.07, 6.45) is -2.19. The minimum atomic E-state index is -4.77. The fourth-order valence-corrected chi connectivity index (χ4v) is 6.34. The second-order valence-electron chi connectivity index (χ2n) is 11.2. The third-order valence-electron chi connectivity index (χ3n) is 8.54. The largest absolute Gasteiger partial charge is 0.480 e. The maximum atomic E-state index is 14.6. The highest BCUT2D eigenvalue weighted by Gasteiger charge is 2.50. The van der Waals surface area contributed by atoms with E-state index in [9.17, 15) is 23.1 Å². The summed E-state index contributed by atoms with van der Waals surface area (Å²) in [7, 11) is 0. The topological polar surface area (TPSA) is 131 Å². The van der Waals surface area contributed by atoms with E-state index < -0.39 is 24.3 Å². The van der Waals surface area contributed by atoms with Gasteiger partial charge in [-0.15, -0.1) is 0 Å². The first-order chi connectivity index (χ1) is 19.9. The molecule has 1 spiro atoms. The maximum Gasteiger partial charge on any atom is 0.429 e. The molecule has 13 heteroatoms. The quantitative estimate of drug-likeness (QED) is 0.346. The minimum Gasteiger partial charge on any atom is -0.480 e. The van der Waals surface area contributed by atoms with Crippen molar-refractivity contribution in [3.8, 4) is 11.6 Å². The van der Waals surface area contributed by atoms with Crippen molar-refractivity contribution in [3.63, 3.8) is 0 Å². The van der Waals surface area contributed by atoms with E-state index in [1.807, 2.05) is 18.7 Å². The standard InChI is InChI=1S/C29H36F3N7O3/c1-4-18-6-7-21(39-11-8-17(3)37-39)19(14-18)25(29(30,31)32)42-24-15-23(35-27(33)36-24)38-12-9-28(10-13-38)16-20(26(40)41)34-22(28)5-2/h6-8,11,14-15,20,22,25,34H,4-5,9-10,12-13,16H2,1-3H3,(H,40,41)(H2,33,35,36)/t20?,22?,25-/m1/s1. The van der Waals surface area contributed by atoms with Crippen molar-refractivity contribution >= 4 is 17.7 Å². The monoisotopic (exact) mass is 587 g/mol. The van der Waals surface area contributed by atoms with E-state index in [-0.39, 0.29) is 34.5 Å². The lowest BCUT2D eigenvalue weighted by atomic mass is 9.71. The Labute approximate surface area is 242 Å². The fraction of sp³-hybridized carbons (Fsp3) is 0.517. The summed E-state index contributed by atoms with van der Waals surface area (Å²) in [4.78, 5) is 21.9. The summed E-state index contributed by atoms with van der Waals surface area (Å²) >= 11 is 0. The maximum absolute atomic E-state index is 14.6. The third kappa shape index (κ3) is 5.87. The highest BCUT2D eigenvalue weighted by molar-refractivity contribution is 5.74. The van der Waals surface area contributed by atoms with E-state index in [0.717, 1.165) is 12.0 Å². The summed E-state index contributed by atoms with van der Waals surface area (Å²) in [5, 5.41) is 17.1. The average Bonchev–Trinajstić information content (AvgIpc) is 3.54. The molecule has 10 nitrogen and oxygen atoms in total. The van der Waals surface area contributed by atoms with Gasteiger partial charge in [0.05, 0.1) is 11.4 Å². The number of aryl methyl sites for hydroxylation is 2. The number of nitrogens with two attached hydrogens (primary N) is 1. The molecule has 5 rings (SSSR count). The Kier molecular flexibility index (Phi) is 8.06. The lowest BCUT2D eigenvalue weighted by Crippen LogP contribution is -2.46. The molecule has 2 fully saturated rings. The molecule has 1 aromatic carbocycles. The van der Waals surface area contributed by atoms with Gasteiger partial charge in [0.25, 0.3) is 0 Å². The van der Waals surface area contributed by atoms with Crippen molar-refractivity contribution in [2.24, 2.45) is 5.41 Å². The summed E-state index contributed by atoms with van der Waals surface area (Å²) in [5.41, 5.74) is 7.35. The van der Waals surface area contributed by atoms with Crippen molar-refractivity contribution in [2.45, 2.75) is 77.2 Å². The number of nitrogens with one attached hydrogen (secondary N) is 1. The van der Waals surface area contributed by atoms with Crippen molar-refractivity contribution in [3.05, 3.63) is 53.3 Å². The number of aliphatic carboxylic acids is 1. The number of benzene rings is 1. The summed E-state index contributed by atoms with van der Waals surface area (Å²) < 4.78 is 50.9. The summed E-state index contributed by atoms with van der Waals surface area (Å²) in [6.45, 7) is 6.76. The van der Waals surface area contributed by atoms with Crippen LogP contribution in [0.2, 0.25) is 0 Å². The number of hydrogen-bond donors (Lipinski definition) is 3. The first-order valence-corrected chi connectivity index (χ1v) is 14.2. The van der Waals surface area contributed by atoms with Crippen LogP contribution in [-0.2, 0) is 11.2 Å². The van der Waals surface area contributed by atoms with Crippen LogP contribution in [0, 0.1) is 12.3 Å². The van der Waals surface area contributed by atoms with E-state index in [1.54, 1.807) is 31.3 Å². The first kappa shape index (κ1) is 29.6. The van der Waals surface area contributed by atoms with Crippen LogP contribution >= 0.6 is 0 Å². The Bertz CT molecular complexity index is 1440. The molecule has 0 saturated carbocycles. The van der Waals surface area contributed by atoms with Crippen LogP contribution < -0.4 is 20.7 Å². The van der Waals surface area contributed by atoms with E-state index in [1.165, 1.54) is 16.8 Å².